The van der Waals surface area contributed by atoms with E-state index in [4.69, 9.17) is 0 Å². The van der Waals surface area contributed by atoms with Crippen LogP contribution < -0.4 is 10.6 Å². The van der Waals surface area contributed by atoms with E-state index < -0.39 is 5.82 Å². The smallest absolute Gasteiger partial charge is 0.321 e. The number of anilines is 2. The molecule has 0 aromatic heterocycles. The van der Waals surface area contributed by atoms with Crippen molar-refractivity contribution in [1.29, 1.82) is 0 Å². The minimum Gasteiger partial charge on any atom is -0.324 e. The van der Waals surface area contributed by atoms with Crippen molar-refractivity contribution in [1.82, 2.24) is 9.80 Å². The lowest BCUT2D eigenvalue weighted by molar-refractivity contribution is -0.116. The van der Waals surface area contributed by atoms with Crippen molar-refractivity contribution >= 4 is 23.3 Å². The Morgan fingerprint density at radius 1 is 1.24 bits per heavy atom. The maximum atomic E-state index is 13.9. The number of carbonyl (C=O) groups is 2. The Morgan fingerprint density at radius 3 is 2.88 bits per heavy atom. The first kappa shape index (κ1) is 16.3. The average molecular weight is 346 g/mol. The molecule has 2 saturated heterocycles. The monoisotopic (exact) mass is 346 g/mol. The molecule has 1 aromatic carbocycles. The Kier molecular flexibility index (Phi) is 4.11. The lowest BCUT2D eigenvalue weighted by Crippen LogP contribution is -2.42. The molecule has 3 amide bonds. The van der Waals surface area contributed by atoms with Gasteiger partial charge in [-0.05, 0) is 50.4 Å². The van der Waals surface area contributed by atoms with E-state index in [2.05, 4.69) is 22.6 Å². The first-order chi connectivity index (χ1) is 12.0. The first-order valence-corrected chi connectivity index (χ1v) is 8.91. The highest BCUT2D eigenvalue weighted by Gasteiger charge is 2.36. The molecule has 2 fully saturated rings. The van der Waals surface area contributed by atoms with Gasteiger partial charge in [0.25, 0.3) is 0 Å². The average Bonchev–Trinajstić information content (AvgIpc) is 2.80. The Bertz CT molecular complexity index is 723. The fourth-order valence-corrected chi connectivity index (χ4v) is 4.24. The summed E-state index contributed by atoms with van der Waals surface area (Å²) in [5, 5.41) is 5.58. The number of likely N-dealkylation sites (tertiary alicyclic amines) is 1. The number of carbonyl (C=O) groups excluding carboxylic acids is 2. The summed E-state index contributed by atoms with van der Waals surface area (Å²) in [5.74, 6) is -0.511. The number of urea groups is 1. The Morgan fingerprint density at radius 2 is 2.04 bits per heavy atom. The van der Waals surface area contributed by atoms with Gasteiger partial charge in [0.15, 0.2) is 0 Å². The Labute approximate surface area is 146 Å². The van der Waals surface area contributed by atoms with Crippen LogP contribution in [0.5, 0.6) is 0 Å². The van der Waals surface area contributed by atoms with Gasteiger partial charge >= 0.3 is 6.03 Å². The molecule has 1 aromatic rings. The fourth-order valence-electron chi connectivity index (χ4n) is 4.24. The molecular formula is C18H23FN4O2. The van der Waals surface area contributed by atoms with Gasteiger partial charge < -0.3 is 15.5 Å². The zero-order chi connectivity index (χ0) is 17.6. The zero-order valence-corrected chi connectivity index (χ0v) is 14.3. The molecule has 25 heavy (non-hydrogen) atoms. The molecule has 0 aliphatic carbocycles. The predicted molar refractivity (Wildman–Crippen MR) is 93.1 cm³/mol. The third-order valence-corrected chi connectivity index (χ3v) is 5.75. The van der Waals surface area contributed by atoms with Crippen LogP contribution in [-0.4, -0.2) is 54.0 Å². The van der Waals surface area contributed by atoms with Crippen LogP contribution in [0.4, 0.5) is 20.6 Å². The maximum Gasteiger partial charge on any atom is 0.321 e. The molecular weight excluding hydrogens is 323 g/mol. The second kappa shape index (κ2) is 6.29. The zero-order valence-electron chi connectivity index (χ0n) is 14.3. The van der Waals surface area contributed by atoms with Gasteiger partial charge in [-0.2, -0.15) is 0 Å². The normalized spacial score (nSPS) is 26.0. The van der Waals surface area contributed by atoms with Crippen molar-refractivity contribution in [3.63, 3.8) is 0 Å². The highest BCUT2D eigenvalue weighted by molar-refractivity contribution is 6.01. The van der Waals surface area contributed by atoms with Crippen molar-refractivity contribution < 1.29 is 14.0 Å². The third kappa shape index (κ3) is 3.08. The van der Waals surface area contributed by atoms with Crippen LogP contribution in [0.15, 0.2) is 12.1 Å². The molecule has 4 rings (SSSR count). The van der Waals surface area contributed by atoms with Crippen LogP contribution in [0.2, 0.25) is 0 Å². The number of aryl methyl sites for hydroxylation is 1. The number of amides is 3. The predicted octanol–water partition coefficient (Wildman–Crippen LogP) is 2.41. The first-order valence-electron chi connectivity index (χ1n) is 8.91. The van der Waals surface area contributed by atoms with Gasteiger partial charge in [0.1, 0.15) is 5.82 Å². The summed E-state index contributed by atoms with van der Waals surface area (Å²) in [6, 6.07) is 3.40. The summed E-state index contributed by atoms with van der Waals surface area (Å²) in [6.07, 6.45) is 4.08. The molecule has 3 heterocycles. The van der Waals surface area contributed by atoms with Gasteiger partial charge in [-0.3, -0.25) is 9.69 Å². The molecule has 2 N–H and O–H groups in total. The van der Waals surface area contributed by atoms with Crippen LogP contribution in [0, 0.1) is 5.82 Å². The summed E-state index contributed by atoms with van der Waals surface area (Å²) >= 11 is 0. The number of halogens is 1. The second-order valence-electron chi connectivity index (χ2n) is 7.25. The number of hydrogen-bond donors (Lipinski definition) is 2. The second-order valence-corrected chi connectivity index (χ2v) is 7.25. The molecule has 134 valence electrons. The third-order valence-electron chi connectivity index (χ3n) is 5.75. The van der Waals surface area contributed by atoms with Crippen LogP contribution in [-0.2, 0) is 11.2 Å². The van der Waals surface area contributed by atoms with Crippen molar-refractivity contribution in [3.8, 4) is 0 Å². The number of nitrogens with zero attached hydrogens (tertiary/aromatic N) is 2. The SMILES string of the molecule is CN1[C@H]2CC[C@@H]1CN(C(=O)Nc1cc(F)cc3c1NC(=O)CC3)CC2. The molecule has 2 atom stereocenters. The van der Waals surface area contributed by atoms with Gasteiger partial charge in [0, 0.05) is 31.6 Å². The van der Waals surface area contributed by atoms with E-state index in [0.717, 1.165) is 18.4 Å². The minimum absolute atomic E-state index is 0.108. The molecule has 6 nitrogen and oxygen atoms in total. The van der Waals surface area contributed by atoms with E-state index in [1.807, 2.05) is 4.90 Å². The summed E-state index contributed by atoms with van der Waals surface area (Å²) < 4.78 is 13.9. The van der Waals surface area contributed by atoms with Gasteiger partial charge in [0.05, 0.1) is 11.4 Å². The standard InChI is InChI=1S/C18H23FN4O2/c1-22-13-3-4-14(22)10-23(7-6-13)18(25)20-15-9-12(19)8-11-2-5-16(24)21-17(11)15/h8-9,13-14H,2-7,10H2,1H3,(H,20,25)(H,21,24)/t13-,14+/m0/s1. The molecule has 3 aliphatic heterocycles. The number of hydrogen-bond acceptors (Lipinski definition) is 3. The lowest BCUT2D eigenvalue weighted by Gasteiger charge is -2.27. The Balaban J connectivity index is 1.53. The lowest BCUT2D eigenvalue weighted by atomic mass is 10.0. The van der Waals surface area contributed by atoms with Gasteiger partial charge in [0.2, 0.25) is 5.91 Å². The van der Waals surface area contributed by atoms with Gasteiger partial charge in [-0.25, -0.2) is 9.18 Å². The number of benzene rings is 1. The van der Waals surface area contributed by atoms with Crippen LogP contribution >= 0.6 is 0 Å². The van der Waals surface area contributed by atoms with Crippen LogP contribution in [0.1, 0.15) is 31.2 Å². The molecule has 2 bridgehead atoms. The highest BCUT2D eigenvalue weighted by atomic mass is 19.1. The highest BCUT2D eigenvalue weighted by Crippen LogP contribution is 2.33. The van der Waals surface area contributed by atoms with E-state index >= 15 is 0 Å². The molecule has 0 radical (unpaired) electrons. The fraction of sp³-hybridized carbons (Fsp3) is 0.556. The summed E-state index contributed by atoms with van der Waals surface area (Å²) in [4.78, 5) is 28.6. The number of nitrogens with one attached hydrogen (secondary N) is 2. The van der Waals surface area contributed by atoms with Crippen molar-refractivity contribution in [3.05, 3.63) is 23.5 Å². The van der Waals surface area contributed by atoms with Crippen molar-refractivity contribution in [2.24, 2.45) is 0 Å². The minimum atomic E-state index is -0.403. The van der Waals surface area contributed by atoms with Crippen molar-refractivity contribution in [2.45, 2.75) is 44.2 Å². The van der Waals surface area contributed by atoms with Gasteiger partial charge in [-0.1, -0.05) is 0 Å². The van der Waals surface area contributed by atoms with Crippen LogP contribution in [0.3, 0.4) is 0 Å². The molecule has 7 heteroatoms. The van der Waals surface area contributed by atoms with Gasteiger partial charge in [-0.15, -0.1) is 0 Å². The number of likely N-dealkylation sites (N-methyl/N-ethyl adjacent to an activating group) is 1. The molecule has 0 unspecified atom stereocenters. The molecule has 3 aliphatic rings. The largest absolute Gasteiger partial charge is 0.324 e. The molecule has 0 saturated carbocycles. The van der Waals surface area contributed by atoms with E-state index in [-0.39, 0.29) is 11.9 Å². The maximum absolute atomic E-state index is 13.9. The topological polar surface area (TPSA) is 64.7 Å². The summed E-state index contributed by atoms with van der Waals surface area (Å²) in [6.45, 7) is 1.38. The summed E-state index contributed by atoms with van der Waals surface area (Å²) in [7, 11) is 2.13. The number of fused-ring (bicyclic) bond motifs is 3. The van der Waals surface area contributed by atoms with Crippen LogP contribution in [0.25, 0.3) is 0 Å². The van der Waals surface area contributed by atoms with E-state index in [1.165, 1.54) is 18.6 Å². The quantitative estimate of drug-likeness (QED) is 0.821. The molecule has 0 spiro atoms. The van der Waals surface area contributed by atoms with E-state index in [9.17, 15) is 14.0 Å². The summed E-state index contributed by atoms with van der Waals surface area (Å²) in [5.41, 5.74) is 1.60. The van der Waals surface area contributed by atoms with E-state index in [0.29, 0.717) is 49.4 Å². The Hall–Kier alpha value is -2.15. The van der Waals surface area contributed by atoms with Crippen molar-refractivity contribution in [2.75, 3.05) is 30.8 Å². The number of rotatable bonds is 1. The van der Waals surface area contributed by atoms with E-state index in [1.54, 1.807) is 0 Å².